The minimum Gasteiger partial charge on any atom is -0.383 e. The van der Waals surface area contributed by atoms with Gasteiger partial charge in [-0.05, 0) is 25.0 Å². The van der Waals surface area contributed by atoms with Gasteiger partial charge in [-0.25, -0.2) is 9.97 Å². The van der Waals surface area contributed by atoms with E-state index in [0.29, 0.717) is 18.3 Å². The average Bonchev–Trinajstić information content (AvgIpc) is 2.81. The normalized spacial score (nSPS) is 19.9. The highest BCUT2D eigenvalue weighted by Gasteiger charge is 2.21. The van der Waals surface area contributed by atoms with E-state index < -0.39 is 0 Å². The molecule has 1 aliphatic rings. The lowest BCUT2D eigenvalue weighted by atomic mass is 10.1. The number of nitrogens with zero attached hydrogens (tertiary/aromatic N) is 2. The smallest absolute Gasteiger partial charge is 0.136 e. The number of nitrogen functional groups attached to an aromatic ring is 1. The number of benzene rings is 1. The molecule has 0 amide bonds. The number of ether oxygens (including phenoxy) is 1. The number of aryl methyl sites for hydroxylation is 1. The first kappa shape index (κ1) is 10.5. The van der Waals surface area contributed by atoms with Crippen LogP contribution in [0.4, 0.5) is 5.82 Å². The van der Waals surface area contributed by atoms with E-state index in [-0.39, 0.29) is 0 Å². The number of hydrogen-bond donors (Lipinski definition) is 1. The van der Waals surface area contributed by atoms with Gasteiger partial charge in [-0.2, -0.15) is 0 Å². The van der Waals surface area contributed by atoms with E-state index in [9.17, 15) is 0 Å². The van der Waals surface area contributed by atoms with Crippen LogP contribution in [0.3, 0.4) is 0 Å². The first-order valence-corrected chi connectivity index (χ1v) is 5.86. The van der Waals surface area contributed by atoms with Gasteiger partial charge in [0.1, 0.15) is 11.6 Å². The van der Waals surface area contributed by atoms with Crippen LogP contribution in [0.25, 0.3) is 10.9 Å². The lowest BCUT2D eigenvalue weighted by molar-refractivity contribution is 0.193. The topological polar surface area (TPSA) is 61.0 Å². The van der Waals surface area contributed by atoms with Crippen LogP contribution >= 0.6 is 0 Å². The molecule has 0 bridgehead atoms. The highest BCUT2D eigenvalue weighted by atomic mass is 16.5. The summed E-state index contributed by atoms with van der Waals surface area (Å²) in [7, 11) is 0. The highest BCUT2D eigenvalue weighted by Crippen LogP contribution is 2.27. The van der Waals surface area contributed by atoms with Crippen molar-refractivity contribution in [3.63, 3.8) is 0 Å². The Labute approximate surface area is 99.8 Å². The monoisotopic (exact) mass is 229 g/mol. The Morgan fingerprint density at radius 1 is 1.35 bits per heavy atom. The van der Waals surface area contributed by atoms with Crippen LogP contribution in [0.15, 0.2) is 18.2 Å². The second-order valence-corrected chi connectivity index (χ2v) is 4.50. The third-order valence-electron chi connectivity index (χ3n) is 3.27. The van der Waals surface area contributed by atoms with Crippen molar-refractivity contribution in [3.05, 3.63) is 29.6 Å². The van der Waals surface area contributed by atoms with Gasteiger partial charge in [0.15, 0.2) is 0 Å². The van der Waals surface area contributed by atoms with Gasteiger partial charge in [-0.3, -0.25) is 0 Å². The van der Waals surface area contributed by atoms with Gasteiger partial charge < -0.3 is 10.5 Å². The standard InChI is InChI=1S/C13H15N3O/c1-8-3-2-4-10-11(8)12(14)16-13(15-10)9-5-6-17-7-9/h2-4,9H,5-7H2,1H3,(H2,14,15,16). The van der Waals surface area contributed by atoms with Crippen molar-refractivity contribution in [2.45, 2.75) is 19.3 Å². The molecule has 1 fully saturated rings. The van der Waals surface area contributed by atoms with Crippen LogP contribution in [0.1, 0.15) is 23.7 Å². The maximum absolute atomic E-state index is 6.03. The van der Waals surface area contributed by atoms with Gasteiger partial charge in [0.25, 0.3) is 0 Å². The van der Waals surface area contributed by atoms with Crippen molar-refractivity contribution in [3.8, 4) is 0 Å². The molecule has 88 valence electrons. The highest BCUT2D eigenvalue weighted by molar-refractivity contribution is 5.90. The van der Waals surface area contributed by atoms with Gasteiger partial charge in [0.05, 0.1) is 12.1 Å². The number of nitrogens with two attached hydrogens (primary N) is 1. The fourth-order valence-electron chi connectivity index (χ4n) is 2.33. The summed E-state index contributed by atoms with van der Waals surface area (Å²) in [6, 6.07) is 6.01. The fraction of sp³-hybridized carbons (Fsp3) is 0.385. The summed E-state index contributed by atoms with van der Waals surface area (Å²) in [6.45, 7) is 3.52. The molecule has 17 heavy (non-hydrogen) atoms. The average molecular weight is 229 g/mol. The summed E-state index contributed by atoms with van der Waals surface area (Å²) in [4.78, 5) is 9.04. The van der Waals surface area contributed by atoms with Crippen molar-refractivity contribution in [2.75, 3.05) is 18.9 Å². The largest absolute Gasteiger partial charge is 0.383 e. The van der Waals surface area contributed by atoms with Crippen LogP contribution in [0.2, 0.25) is 0 Å². The quantitative estimate of drug-likeness (QED) is 0.812. The third kappa shape index (κ3) is 1.74. The molecule has 1 aromatic heterocycles. The molecule has 1 unspecified atom stereocenters. The molecule has 2 heterocycles. The second kappa shape index (κ2) is 3.96. The molecule has 2 N–H and O–H groups in total. The zero-order valence-corrected chi connectivity index (χ0v) is 9.81. The zero-order chi connectivity index (χ0) is 11.8. The Bertz CT molecular complexity index is 562. The molecule has 3 rings (SSSR count). The van der Waals surface area contributed by atoms with Crippen LogP contribution in [-0.4, -0.2) is 23.2 Å². The molecule has 0 aliphatic carbocycles. The molecular formula is C13H15N3O. The first-order valence-electron chi connectivity index (χ1n) is 5.86. The molecule has 1 aromatic carbocycles. The van der Waals surface area contributed by atoms with Gasteiger partial charge in [-0.15, -0.1) is 0 Å². The Morgan fingerprint density at radius 3 is 3.00 bits per heavy atom. The molecule has 0 spiro atoms. The Morgan fingerprint density at radius 2 is 2.24 bits per heavy atom. The molecule has 0 radical (unpaired) electrons. The molecule has 1 saturated heterocycles. The minimum absolute atomic E-state index is 0.294. The molecule has 1 aliphatic heterocycles. The molecule has 1 atom stereocenters. The van der Waals surface area contributed by atoms with Gasteiger partial charge in [-0.1, -0.05) is 12.1 Å². The summed E-state index contributed by atoms with van der Waals surface area (Å²) in [5.74, 6) is 1.69. The van der Waals surface area contributed by atoms with Crippen molar-refractivity contribution in [1.82, 2.24) is 9.97 Å². The van der Waals surface area contributed by atoms with E-state index >= 15 is 0 Å². The summed E-state index contributed by atoms with van der Waals surface area (Å²) in [5, 5.41) is 0.968. The van der Waals surface area contributed by atoms with Gasteiger partial charge in [0, 0.05) is 17.9 Å². The lowest BCUT2D eigenvalue weighted by Crippen LogP contribution is -2.07. The maximum atomic E-state index is 6.03. The van der Waals surface area contributed by atoms with E-state index in [1.165, 1.54) is 0 Å². The molecular weight excluding hydrogens is 214 g/mol. The van der Waals surface area contributed by atoms with Gasteiger partial charge in [0.2, 0.25) is 0 Å². The number of aromatic nitrogens is 2. The van der Waals surface area contributed by atoms with E-state index in [4.69, 9.17) is 10.5 Å². The molecule has 0 saturated carbocycles. The van der Waals surface area contributed by atoms with Gasteiger partial charge >= 0.3 is 0 Å². The molecule has 4 nitrogen and oxygen atoms in total. The van der Waals surface area contributed by atoms with Crippen LogP contribution in [0, 0.1) is 6.92 Å². The molecule has 2 aromatic rings. The third-order valence-corrected chi connectivity index (χ3v) is 3.27. The van der Waals surface area contributed by atoms with Crippen LogP contribution in [-0.2, 0) is 4.74 Å². The number of fused-ring (bicyclic) bond motifs is 1. The Balaban J connectivity index is 2.17. The number of anilines is 1. The SMILES string of the molecule is Cc1cccc2nc(C3CCOC3)nc(N)c12. The van der Waals surface area contributed by atoms with E-state index in [1.54, 1.807) is 0 Å². The van der Waals surface area contributed by atoms with Crippen molar-refractivity contribution in [1.29, 1.82) is 0 Å². The van der Waals surface area contributed by atoms with Crippen molar-refractivity contribution < 1.29 is 4.74 Å². The Hall–Kier alpha value is -1.68. The van der Waals surface area contributed by atoms with Crippen molar-refractivity contribution in [2.24, 2.45) is 0 Å². The molecule has 4 heteroatoms. The Kier molecular flexibility index (Phi) is 2.44. The lowest BCUT2D eigenvalue weighted by Gasteiger charge is -2.10. The van der Waals surface area contributed by atoms with Crippen LogP contribution < -0.4 is 5.73 Å². The summed E-state index contributed by atoms with van der Waals surface area (Å²) < 4.78 is 5.37. The van der Waals surface area contributed by atoms with Crippen LogP contribution in [0.5, 0.6) is 0 Å². The maximum Gasteiger partial charge on any atom is 0.136 e. The number of rotatable bonds is 1. The van der Waals surface area contributed by atoms with E-state index in [1.807, 2.05) is 25.1 Å². The summed E-state index contributed by atoms with van der Waals surface area (Å²) in [6.07, 6.45) is 0.983. The predicted octanol–water partition coefficient (Wildman–Crippen LogP) is 2.02. The number of hydrogen-bond acceptors (Lipinski definition) is 4. The van der Waals surface area contributed by atoms with Crippen molar-refractivity contribution >= 4 is 16.7 Å². The summed E-state index contributed by atoms with van der Waals surface area (Å²) in [5.41, 5.74) is 8.08. The first-order chi connectivity index (χ1) is 8.25. The fourth-order valence-corrected chi connectivity index (χ4v) is 2.33. The predicted molar refractivity (Wildman–Crippen MR) is 66.9 cm³/mol. The zero-order valence-electron chi connectivity index (χ0n) is 9.81. The minimum atomic E-state index is 0.294. The van der Waals surface area contributed by atoms with E-state index in [0.717, 1.165) is 35.3 Å². The summed E-state index contributed by atoms with van der Waals surface area (Å²) >= 11 is 0. The van der Waals surface area contributed by atoms with E-state index in [2.05, 4.69) is 9.97 Å². The second-order valence-electron chi connectivity index (χ2n) is 4.50.